The number of hydrogen-bond acceptors (Lipinski definition) is 1. The van der Waals surface area contributed by atoms with Crippen molar-refractivity contribution in [3.8, 4) is 0 Å². The van der Waals surface area contributed by atoms with Gasteiger partial charge < -0.3 is 0 Å². The van der Waals surface area contributed by atoms with Crippen molar-refractivity contribution in [3.05, 3.63) is 28.2 Å². The minimum Gasteiger partial charge on any atom is -0.204 e. The molecule has 0 saturated heterocycles. The van der Waals surface area contributed by atoms with Crippen LogP contribution in [0.4, 0.5) is 8.78 Å². The number of halogens is 3. The zero-order chi connectivity index (χ0) is 9.14. The first kappa shape index (κ1) is 9.99. The van der Waals surface area contributed by atoms with Crippen LogP contribution in [0, 0.1) is 11.6 Å². The van der Waals surface area contributed by atoms with Crippen molar-refractivity contribution in [1.29, 1.82) is 0 Å². The van der Waals surface area contributed by atoms with Gasteiger partial charge in [0.25, 0.3) is 0 Å². The summed E-state index contributed by atoms with van der Waals surface area (Å²) in [7, 11) is 0. The maximum Gasteiger partial charge on any atom is 0.173 e. The van der Waals surface area contributed by atoms with Crippen LogP contribution in [0.15, 0.2) is 21.5 Å². The molecule has 1 rings (SSSR count). The molecule has 1 aromatic rings. The lowest BCUT2D eigenvalue weighted by Gasteiger charge is -2.03. The van der Waals surface area contributed by atoms with E-state index in [1.165, 1.54) is 17.8 Å². The molecule has 0 aliphatic rings. The predicted octanol–water partition coefficient (Wildman–Crippen LogP) is 3.84. The highest BCUT2D eigenvalue weighted by molar-refractivity contribution is 9.10. The topological polar surface area (TPSA) is 0 Å². The molecule has 0 fully saturated rings. The largest absolute Gasteiger partial charge is 0.204 e. The van der Waals surface area contributed by atoms with Gasteiger partial charge in [-0.3, -0.25) is 0 Å². The monoisotopic (exact) mass is 252 g/mol. The van der Waals surface area contributed by atoms with Crippen molar-refractivity contribution >= 4 is 27.7 Å². The molecule has 0 saturated carbocycles. The van der Waals surface area contributed by atoms with Crippen LogP contribution in [0.1, 0.15) is 6.92 Å². The maximum atomic E-state index is 13.0. The second-order valence-corrected chi connectivity index (χ2v) is 4.23. The van der Waals surface area contributed by atoms with E-state index in [0.29, 0.717) is 9.37 Å². The average Bonchev–Trinajstić information content (AvgIpc) is 2.06. The SMILES string of the molecule is CCSc1c(Br)ccc(F)c1F. The van der Waals surface area contributed by atoms with Crippen LogP contribution in [0.3, 0.4) is 0 Å². The highest BCUT2D eigenvalue weighted by Crippen LogP contribution is 2.31. The molecule has 0 aliphatic heterocycles. The summed E-state index contributed by atoms with van der Waals surface area (Å²) in [6.45, 7) is 1.89. The number of benzene rings is 1. The molecule has 66 valence electrons. The van der Waals surface area contributed by atoms with E-state index in [1.807, 2.05) is 6.92 Å². The van der Waals surface area contributed by atoms with Gasteiger partial charge in [0, 0.05) is 4.47 Å². The Morgan fingerprint density at radius 2 is 2.08 bits per heavy atom. The molecule has 0 heterocycles. The standard InChI is InChI=1S/C8H7BrF2S/c1-2-12-8-5(9)3-4-6(10)7(8)11/h3-4H,2H2,1H3. The summed E-state index contributed by atoms with van der Waals surface area (Å²) in [4.78, 5) is 0.345. The Morgan fingerprint density at radius 1 is 1.42 bits per heavy atom. The molecule has 0 aliphatic carbocycles. The summed E-state index contributed by atoms with van der Waals surface area (Å²) in [5, 5.41) is 0. The maximum absolute atomic E-state index is 13.0. The smallest absolute Gasteiger partial charge is 0.173 e. The van der Waals surface area contributed by atoms with Gasteiger partial charge in [0.05, 0.1) is 4.90 Å². The number of thioether (sulfide) groups is 1. The Labute approximate surface area is 82.5 Å². The highest BCUT2D eigenvalue weighted by atomic mass is 79.9. The van der Waals surface area contributed by atoms with E-state index in [4.69, 9.17) is 0 Å². The molecule has 0 nitrogen and oxygen atoms in total. The van der Waals surface area contributed by atoms with Crippen molar-refractivity contribution in [2.75, 3.05) is 5.75 Å². The summed E-state index contributed by atoms with van der Waals surface area (Å²) in [5.41, 5.74) is 0. The van der Waals surface area contributed by atoms with Crippen LogP contribution >= 0.6 is 27.7 Å². The van der Waals surface area contributed by atoms with E-state index < -0.39 is 11.6 Å². The van der Waals surface area contributed by atoms with Gasteiger partial charge in [0.15, 0.2) is 11.6 Å². The third-order valence-corrected chi connectivity index (χ3v) is 3.19. The van der Waals surface area contributed by atoms with Gasteiger partial charge in [-0.2, -0.15) is 0 Å². The molecule has 0 spiro atoms. The molecule has 0 N–H and O–H groups in total. The summed E-state index contributed by atoms with van der Waals surface area (Å²) in [5.74, 6) is -0.843. The fourth-order valence-electron chi connectivity index (χ4n) is 0.785. The molecule has 0 unspecified atom stereocenters. The van der Waals surface area contributed by atoms with E-state index in [-0.39, 0.29) is 0 Å². The molecule has 0 atom stereocenters. The van der Waals surface area contributed by atoms with E-state index >= 15 is 0 Å². The first-order valence-corrected chi connectivity index (χ1v) is 5.21. The second kappa shape index (κ2) is 4.23. The van der Waals surface area contributed by atoms with Crippen molar-refractivity contribution < 1.29 is 8.78 Å². The zero-order valence-electron chi connectivity index (χ0n) is 6.40. The molecule has 4 heteroatoms. The van der Waals surface area contributed by atoms with Crippen LogP contribution < -0.4 is 0 Å². The lowest BCUT2D eigenvalue weighted by Crippen LogP contribution is -1.88. The molecule has 0 bridgehead atoms. The van der Waals surface area contributed by atoms with Crippen molar-refractivity contribution in [3.63, 3.8) is 0 Å². The highest BCUT2D eigenvalue weighted by Gasteiger charge is 2.11. The average molecular weight is 253 g/mol. The van der Waals surface area contributed by atoms with Gasteiger partial charge in [0.1, 0.15) is 0 Å². The van der Waals surface area contributed by atoms with E-state index in [9.17, 15) is 8.78 Å². The van der Waals surface area contributed by atoms with Crippen LogP contribution in [0.5, 0.6) is 0 Å². The fraction of sp³-hybridized carbons (Fsp3) is 0.250. The van der Waals surface area contributed by atoms with E-state index in [0.717, 1.165) is 11.8 Å². The number of hydrogen-bond donors (Lipinski definition) is 0. The quantitative estimate of drug-likeness (QED) is 0.570. The fourth-order valence-corrected chi connectivity index (χ4v) is 2.15. The second-order valence-electron chi connectivity index (χ2n) is 2.11. The van der Waals surface area contributed by atoms with Gasteiger partial charge in [-0.25, -0.2) is 8.78 Å². The minimum absolute atomic E-state index is 0.345. The van der Waals surface area contributed by atoms with E-state index in [2.05, 4.69) is 15.9 Å². The Bertz CT molecular complexity index is 289. The van der Waals surface area contributed by atoms with Gasteiger partial charge in [-0.05, 0) is 33.8 Å². The first-order valence-electron chi connectivity index (χ1n) is 3.43. The van der Waals surface area contributed by atoms with E-state index in [1.54, 1.807) is 0 Å². The van der Waals surface area contributed by atoms with Crippen LogP contribution in [0.2, 0.25) is 0 Å². The number of rotatable bonds is 2. The summed E-state index contributed by atoms with van der Waals surface area (Å²) >= 11 is 4.44. The molecule has 0 radical (unpaired) electrons. The molecule has 0 aromatic heterocycles. The lowest BCUT2D eigenvalue weighted by molar-refractivity contribution is 0.490. The molecule has 0 amide bonds. The van der Waals surface area contributed by atoms with Gasteiger partial charge >= 0.3 is 0 Å². The Hall–Kier alpha value is -0.0900. The summed E-state index contributed by atoms with van der Waals surface area (Å²) in [6, 6.07) is 2.62. The summed E-state index contributed by atoms with van der Waals surface area (Å²) in [6.07, 6.45) is 0. The molecular formula is C8H7BrF2S. The Morgan fingerprint density at radius 3 is 2.67 bits per heavy atom. The van der Waals surface area contributed by atoms with Crippen LogP contribution in [-0.4, -0.2) is 5.75 Å². The first-order chi connectivity index (χ1) is 5.66. The van der Waals surface area contributed by atoms with Gasteiger partial charge in [-0.15, -0.1) is 11.8 Å². The minimum atomic E-state index is -0.797. The zero-order valence-corrected chi connectivity index (χ0v) is 8.81. The third kappa shape index (κ3) is 1.98. The van der Waals surface area contributed by atoms with Crippen LogP contribution in [-0.2, 0) is 0 Å². The van der Waals surface area contributed by atoms with Crippen LogP contribution in [0.25, 0.3) is 0 Å². The molecule has 12 heavy (non-hydrogen) atoms. The molecular weight excluding hydrogens is 246 g/mol. The molecule has 1 aromatic carbocycles. The summed E-state index contributed by atoms with van der Waals surface area (Å²) < 4.78 is 26.3. The lowest BCUT2D eigenvalue weighted by atomic mass is 10.3. The predicted molar refractivity (Wildman–Crippen MR) is 50.5 cm³/mol. The van der Waals surface area contributed by atoms with Gasteiger partial charge in [-0.1, -0.05) is 6.92 Å². The van der Waals surface area contributed by atoms with Crippen molar-refractivity contribution in [1.82, 2.24) is 0 Å². The third-order valence-electron chi connectivity index (χ3n) is 1.29. The van der Waals surface area contributed by atoms with Crippen molar-refractivity contribution in [2.24, 2.45) is 0 Å². The van der Waals surface area contributed by atoms with Gasteiger partial charge in [0.2, 0.25) is 0 Å². The van der Waals surface area contributed by atoms with Crippen molar-refractivity contribution in [2.45, 2.75) is 11.8 Å². The Kier molecular flexibility index (Phi) is 3.53. The normalized spacial score (nSPS) is 10.3. The Balaban J connectivity index is 3.14.